The number of nitrogens with zero attached hydrogens (tertiary/aromatic N) is 1. The van der Waals surface area contributed by atoms with Crippen LogP contribution in [0.2, 0.25) is 0 Å². The van der Waals surface area contributed by atoms with Crippen LogP contribution < -0.4 is 5.32 Å². The molecule has 1 saturated heterocycles. The van der Waals surface area contributed by atoms with Gasteiger partial charge in [-0.2, -0.15) is 0 Å². The highest BCUT2D eigenvalue weighted by molar-refractivity contribution is 9.10. The van der Waals surface area contributed by atoms with Gasteiger partial charge in [0.2, 0.25) is 0 Å². The summed E-state index contributed by atoms with van der Waals surface area (Å²) in [5.41, 5.74) is 0.420. The van der Waals surface area contributed by atoms with Gasteiger partial charge in [-0.25, -0.2) is 4.98 Å². The Morgan fingerprint density at radius 3 is 3.18 bits per heavy atom. The zero-order valence-electron chi connectivity index (χ0n) is 9.49. The monoisotopic (exact) mass is 298 g/mol. The standard InChI is InChI=1S/C12H15BrN2O2/c13-10-5-3-6-14-11(10)12(16)15-8-9-4-1-2-7-17-9/h3,5-6,9H,1-2,4,7-8H2,(H,15,16). The van der Waals surface area contributed by atoms with Crippen molar-refractivity contribution < 1.29 is 9.53 Å². The Kier molecular flexibility index (Phi) is 4.50. The van der Waals surface area contributed by atoms with Crippen LogP contribution in [0.3, 0.4) is 0 Å². The quantitative estimate of drug-likeness (QED) is 0.930. The van der Waals surface area contributed by atoms with Crippen molar-refractivity contribution in [3.05, 3.63) is 28.5 Å². The van der Waals surface area contributed by atoms with E-state index in [1.807, 2.05) is 0 Å². The normalized spacial score (nSPS) is 19.9. The van der Waals surface area contributed by atoms with E-state index in [0.717, 1.165) is 19.4 Å². The van der Waals surface area contributed by atoms with E-state index in [4.69, 9.17) is 4.74 Å². The van der Waals surface area contributed by atoms with Gasteiger partial charge >= 0.3 is 0 Å². The summed E-state index contributed by atoms with van der Waals surface area (Å²) in [6.07, 6.45) is 5.07. The van der Waals surface area contributed by atoms with Crippen LogP contribution in [0.4, 0.5) is 0 Å². The van der Waals surface area contributed by atoms with Crippen molar-refractivity contribution in [2.24, 2.45) is 0 Å². The summed E-state index contributed by atoms with van der Waals surface area (Å²) in [5.74, 6) is -0.161. The number of pyridine rings is 1. The molecule has 1 aliphatic heterocycles. The Hall–Kier alpha value is -0.940. The molecule has 1 unspecified atom stereocenters. The molecule has 1 amide bonds. The van der Waals surface area contributed by atoms with Crippen molar-refractivity contribution in [2.75, 3.05) is 13.2 Å². The van der Waals surface area contributed by atoms with E-state index in [9.17, 15) is 4.79 Å². The first kappa shape index (κ1) is 12.5. The lowest BCUT2D eigenvalue weighted by atomic mass is 10.1. The van der Waals surface area contributed by atoms with Crippen molar-refractivity contribution in [1.82, 2.24) is 10.3 Å². The molecular formula is C12H15BrN2O2. The van der Waals surface area contributed by atoms with Crippen molar-refractivity contribution in [2.45, 2.75) is 25.4 Å². The molecule has 0 aliphatic carbocycles. The van der Waals surface area contributed by atoms with Crippen molar-refractivity contribution >= 4 is 21.8 Å². The lowest BCUT2D eigenvalue weighted by Crippen LogP contribution is -2.35. The molecule has 17 heavy (non-hydrogen) atoms. The number of nitrogens with one attached hydrogen (secondary N) is 1. The minimum Gasteiger partial charge on any atom is -0.376 e. The van der Waals surface area contributed by atoms with Crippen molar-refractivity contribution in [3.63, 3.8) is 0 Å². The second kappa shape index (κ2) is 6.12. The van der Waals surface area contributed by atoms with Crippen LogP contribution in [-0.4, -0.2) is 30.1 Å². The summed E-state index contributed by atoms with van der Waals surface area (Å²) in [5, 5.41) is 2.85. The predicted molar refractivity (Wildman–Crippen MR) is 67.9 cm³/mol. The summed E-state index contributed by atoms with van der Waals surface area (Å²) in [6.45, 7) is 1.36. The molecule has 2 heterocycles. The minimum atomic E-state index is -0.161. The summed E-state index contributed by atoms with van der Waals surface area (Å²) < 4.78 is 6.26. The topological polar surface area (TPSA) is 51.2 Å². The van der Waals surface area contributed by atoms with Gasteiger partial charge in [-0.3, -0.25) is 4.79 Å². The first-order valence-corrected chi connectivity index (χ1v) is 6.57. The van der Waals surface area contributed by atoms with Crippen molar-refractivity contribution in [1.29, 1.82) is 0 Å². The molecule has 0 saturated carbocycles. The molecule has 5 heteroatoms. The Morgan fingerprint density at radius 2 is 2.47 bits per heavy atom. The maximum absolute atomic E-state index is 11.8. The average Bonchev–Trinajstić information content (AvgIpc) is 2.38. The molecule has 92 valence electrons. The molecule has 1 aromatic heterocycles. The van der Waals surface area contributed by atoms with E-state index in [-0.39, 0.29) is 12.0 Å². The highest BCUT2D eigenvalue weighted by Gasteiger charge is 2.16. The van der Waals surface area contributed by atoms with E-state index in [1.54, 1.807) is 18.3 Å². The molecule has 1 atom stereocenters. The largest absolute Gasteiger partial charge is 0.376 e. The SMILES string of the molecule is O=C(NCC1CCCCO1)c1ncccc1Br. The van der Waals surface area contributed by atoms with Crippen LogP contribution in [0.15, 0.2) is 22.8 Å². The first-order chi connectivity index (χ1) is 8.27. The lowest BCUT2D eigenvalue weighted by molar-refractivity contribution is 0.0168. The number of hydrogen-bond acceptors (Lipinski definition) is 3. The fourth-order valence-electron chi connectivity index (χ4n) is 1.81. The van der Waals surface area contributed by atoms with Gasteiger partial charge in [0.05, 0.1) is 6.10 Å². The molecule has 4 nitrogen and oxygen atoms in total. The van der Waals surface area contributed by atoms with Gasteiger partial charge in [0.25, 0.3) is 5.91 Å². The Labute approximate surface area is 109 Å². The molecule has 0 spiro atoms. The number of halogens is 1. The van der Waals surface area contributed by atoms with Gasteiger partial charge in [-0.1, -0.05) is 0 Å². The van der Waals surface area contributed by atoms with Crippen LogP contribution >= 0.6 is 15.9 Å². The molecule has 0 radical (unpaired) electrons. The second-order valence-corrected chi connectivity index (χ2v) is 4.89. The van der Waals surface area contributed by atoms with Crippen molar-refractivity contribution in [3.8, 4) is 0 Å². The number of rotatable bonds is 3. The molecule has 1 aliphatic rings. The van der Waals surface area contributed by atoms with Gasteiger partial charge < -0.3 is 10.1 Å². The van der Waals surface area contributed by atoms with Gasteiger partial charge in [0.1, 0.15) is 5.69 Å². The summed E-state index contributed by atoms with van der Waals surface area (Å²) in [4.78, 5) is 15.9. The van der Waals surface area contributed by atoms with E-state index in [1.165, 1.54) is 6.42 Å². The first-order valence-electron chi connectivity index (χ1n) is 5.77. The number of carbonyl (C=O) groups excluding carboxylic acids is 1. The van der Waals surface area contributed by atoms with Gasteiger partial charge in [-0.05, 0) is 47.3 Å². The molecular weight excluding hydrogens is 284 g/mol. The molecule has 2 rings (SSSR count). The summed E-state index contributed by atoms with van der Waals surface area (Å²) >= 11 is 3.31. The number of carbonyl (C=O) groups is 1. The third-order valence-electron chi connectivity index (χ3n) is 2.74. The lowest BCUT2D eigenvalue weighted by Gasteiger charge is -2.22. The molecule has 1 fully saturated rings. The highest BCUT2D eigenvalue weighted by atomic mass is 79.9. The zero-order chi connectivity index (χ0) is 12.1. The molecule has 0 aromatic carbocycles. The molecule has 1 aromatic rings. The maximum Gasteiger partial charge on any atom is 0.271 e. The number of ether oxygens (including phenoxy) is 1. The highest BCUT2D eigenvalue weighted by Crippen LogP contribution is 2.14. The number of amides is 1. The number of hydrogen-bond donors (Lipinski definition) is 1. The Morgan fingerprint density at radius 1 is 1.59 bits per heavy atom. The van der Waals surface area contributed by atoms with E-state index < -0.39 is 0 Å². The fraction of sp³-hybridized carbons (Fsp3) is 0.500. The molecule has 0 bridgehead atoms. The maximum atomic E-state index is 11.8. The Bertz CT molecular complexity index is 392. The minimum absolute atomic E-state index is 0.148. The third-order valence-corrected chi connectivity index (χ3v) is 3.38. The third kappa shape index (κ3) is 3.51. The van der Waals surface area contributed by atoms with E-state index in [2.05, 4.69) is 26.2 Å². The summed E-state index contributed by atoms with van der Waals surface area (Å²) in [7, 11) is 0. The van der Waals surface area contributed by atoms with E-state index in [0.29, 0.717) is 16.7 Å². The van der Waals surface area contributed by atoms with Crippen LogP contribution in [0.5, 0.6) is 0 Å². The van der Waals surface area contributed by atoms with Gasteiger partial charge in [-0.15, -0.1) is 0 Å². The van der Waals surface area contributed by atoms with Crippen LogP contribution in [0, 0.1) is 0 Å². The number of aromatic nitrogens is 1. The van der Waals surface area contributed by atoms with Gasteiger partial charge in [0, 0.05) is 23.8 Å². The Balaban J connectivity index is 1.87. The van der Waals surface area contributed by atoms with Gasteiger partial charge in [0.15, 0.2) is 0 Å². The smallest absolute Gasteiger partial charge is 0.271 e. The average molecular weight is 299 g/mol. The van der Waals surface area contributed by atoms with Crippen LogP contribution in [0.1, 0.15) is 29.8 Å². The summed E-state index contributed by atoms with van der Waals surface area (Å²) in [6, 6.07) is 3.59. The zero-order valence-corrected chi connectivity index (χ0v) is 11.1. The fourth-order valence-corrected chi connectivity index (χ4v) is 2.25. The van der Waals surface area contributed by atoms with Crippen LogP contribution in [0.25, 0.3) is 0 Å². The van der Waals surface area contributed by atoms with Crippen LogP contribution in [-0.2, 0) is 4.74 Å². The predicted octanol–water partition coefficient (Wildman–Crippen LogP) is 2.14. The second-order valence-electron chi connectivity index (χ2n) is 4.03. The van der Waals surface area contributed by atoms with E-state index >= 15 is 0 Å². The molecule has 1 N–H and O–H groups in total.